The standard InChI is InChI=1S/C13H17N3O3S/c14-11-12-2-1-3-13(10-12)20(17,18)15-4-5-16-6-8-19-9-7-16/h1-3,10,15H,4-9H2/p+1. The van der Waals surface area contributed by atoms with Gasteiger partial charge in [0.15, 0.2) is 0 Å². The Bertz CT molecular complexity index is 589. The maximum Gasteiger partial charge on any atom is 0.240 e. The van der Waals surface area contributed by atoms with Crippen LogP contribution in [-0.2, 0) is 14.8 Å². The van der Waals surface area contributed by atoms with Crippen molar-refractivity contribution in [3.8, 4) is 6.07 Å². The van der Waals surface area contributed by atoms with Gasteiger partial charge < -0.3 is 9.64 Å². The first kappa shape index (κ1) is 14.9. The summed E-state index contributed by atoms with van der Waals surface area (Å²) in [6.07, 6.45) is 0. The van der Waals surface area contributed by atoms with Gasteiger partial charge >= 0.3 is 0 Å². The molecule has 1 fully saturated rings. The van der Waals surface area contributed by atoms with Crippen LogP contribution in [0.3, 0.4) is 0 Å². The largest absolute Gasteiger partial charge is 0.370 e. The number of benzene rings is 1. The number of ether oxygens (including phenoxy) is 1. The summed E-state index contributed by atoms with van der Waals surface area (Å²) in [5.41, 5.74) is 0.340. The number of quaternary nitrogens is 1. The van der Waals surface area contributed by atoms with Gasteiger partial charge in [0.2, 0.25) is 10.0 Å². The summed E-state index contributed by atoms with van der Waals surface area (Å²) in [5, 5.41) is 8.79. The van der Waals surface area contributed by atoms with Crippen molar-refractivity contribution >= 4 is 10.0 Å². The van der Waals surface area contributed by atoms with Crippen molar-refractivity contribution in [2.45, 2.75) is 4.90 Å². The molecule has 1 aliphatic heterocycles. The van der Waals surface area contributed by atoms with Crippen LogP contribution in [0.4, 0.5) is 0 Å². The highest BCUT2D eigenvalue weighted by atomic mass is 32.2. The van der Waals surface area contributed by atoms with Gasteiger partial charge in [-0.1, -0.05) is 6.07 Å². The van der Waals surface area contributed by atoms with E-state index in [0.29, 0.717) is 12.1 Å². The van der Waals surface area contributed by atoms with Crippen LogP contribution in [0.5, 0.6) is 0 Å². The van der Waals surface area contributed by atoms with E-state index in [1.54, 1.807) is 12.1 Å². The van der Waals surface area contributed by atoms with E-state index < -0.39 is 10.0 Å². The average molecular weight is 296 g/mol. The van der Waals surface area contributed by atoms with E-state index in [0.717, 1.165) is 32.8 Å². The normalized spacial score (nSPS) is 16.8. The van der Waals surface area contributed by atoms with Gasteiger partial charge in [0.05, 0.1) is 42.8 Å². The zero-order chi connectivity index (χ0) is 14.4. The van der Waals surface area contributed by atoms with E-state index >= 15 is 0 Å². The van der Waals surface area contributed by atoms with Crippen LogP contribution in [0.25, 0.3) is 0 Å². The minimum Gasteiger partial charge on any atom is -0.370 e. The summed E-state index contributed by atoms with van der Waals surface area (Å²) in [6, 6.07) is 7.96. The highest BCUT2D eigenvalue weighted by molar-refractivity contribution is 7.89. The predicted molar refractivity (Wildman–Crippen MR) is 72.7 cm³/mol. The molecule has 7 heteroatoms. The fourth-order valence-corrected chi connectivity index (χ4v) is 3.17. The zero-order valence-electron chi connectivity index (χ0n) is 11.1. The molecule has 0 aromatic heterocycles. The fourth-order valence-electron chi connectivity index (χ4n) is 2.09. The van der Waals surface area contributed by atoms with E-state index in [9.17, 15) is 8.42 Å². The lowest BCUT2D eigenvalue weighted by atomic mass is 10.2. The van der Waals surface area contributed by atoms with Gasteiger partial charge in [0, 0.05) is 0 Å². The lowest BCUT2D eigenvalue weighted by molar-refractivity contribution is -0.906. The first-order valence-electron chi connectivity index (χ1n) is 6.53. The number of sulfonamides is 1. The maximum absolute atomic E-state index is 12.1. The van der Waals surface area contributed by atoms with E-state index in [4.69, 9.17) is 10.00 Å². The molecule has 108 valence electrons. The molecule has 0 bridgehead atoms. The third-order valence-corrected chi connectivity index (χ3v) is 4.70. The van der Waals surface area contributed by atoms with Crippen LogP contribution in [0.1, 0.15) is 5.56 Å². The second-order valence-electron chi connectivity index (χ2n) is 4.65. The van der Waals surface area contributed by atoms with E-state index in [2.05, 4.69) is 4.72 Å². The number of hydrogen-bond acceptors (Lipinski definition) is 4. The molecule has 1 aromatic rings. The van der Waals surface area contributed by atoms with Gasteiger partial charge in [-0.15, -0.1) is 0 Å². The fraction of sp³-hybridized carbons (Fsp3) is 0.462. The van der Waals surface area contributed by atoms with E-state index in [1.165, 1.54) is 17.0 Å². The first-order valence-corrected chi connectivity index (χ1v) is 8.01. The highest BCUT2D eigenvalue weighted by Gasteiger charge is 2.17. The summed E-state index contributed by atoms with van der Waals surface area (Å²) in [4.78, 5) is 1.47. The third-order valence-electron chi connectivity index (χ3n) is 3.24. The summed E-state index contributed by atoms with van der Waals surface area (Å²) < 4.78 is 32.0. The van der Waals surface area contributed by atoms with Crippen molar-refractivity contribution in [1.29, 1.82) is 5.26 Å². The molecule has 0 radical (unpaired) electrons. The Morgan fingerprint density at radius 3 is 2.80 bits per heavy atom. The van der Waals surface area contributed by atoms with Gasteiger partial charge in [0.25, 0.3) is 0 Å². The Labute approximate surface area is 119 Å². The molecule has 0 saturated carbocycles. The number of nitrogens with zero attached hydrogens (tertiary/aromatic N) is 1. The smallest absolute Gasteiger partial charge is 0.240 e. The molecule has 1 aliphatic rings. The maximum atomic E-state index is 12.1. The number of rotatable bonds is 5. The predicted octanol–water partition coefficient (Wildman–Crippen LogP) is -1.25. The summed E-state index contributed by atoms with van der Waals surface area (Å²) in [5.74, 6) is 0. The molecule has 20 heavy (non-hydrogen) atoms. The number of hydrogen-bond donors (Lipinski definition) is 2. The number of nitrogens with one attached hydrogen (secondary N) is 2. The second kappa shape index (κ2) is 6.81. The lowest BCUT2D eigenvalue weighted by Gasteiger charge is -2.23. The van der Waals surface area contributed by atoms with Crippen LogP contribution in [0.15, 0.2) is 29.2 Å². The van der Waals surface area contributed by atoms with Crippen molar-refractivity contribution < 1.29 is 18.1 Å². The number of morpholine rings is 1. The molecule has 6 nitrogen and oxygen atoms in total. The molecule has 1 heterocycles. The third kappa shape index (κ3) is 4.02. The minimum absolute atomic E-state index is 0.133. The van der Waals surface area contributed by atoms with Crippen LogP contribution in [-0.4, -0.2) is 47.8 Å². The van der Waals surface area contributed by atoms with Gasteiger partial charge in [-0.25, -0.2) is 13.1 Å². The van der Waals surface area contributed by atoms with Crippen LogP contribution in [0, 0.1) is 11.3 Å². The van der Waals surface area contributed by atoms with Crippen molar-refractivity contribution in [2.24, 2.45) is 0 Å². The Balaban J connectivity index is 1.91. The molecule has 2 rings (SSSR count). The summed E-state index contributed by atoms with van der Waals surface area (Å²) >= 11 is 0. The molecular formula is C13H18N3O3S+. The van der Waals surface area contributed by atoms with Crippen molar-refractivity contribution in [3.05, 3.63) is 29.8 Å². The average Bonchev–Trinajstić information content (AvgIpc) is 2.48. The van der Waals surface area contributed by atoms with Crippen molar-refractivity contribution in [3.63, 3.8) is 0 Å². The minimum atomic E-state index is -3.54. The van der Waals surface area contributed by atoms with E-state index in [1.807, 2.05) is 6.07 Å². The van der Waals surface area contributed by atoms with Crippen molar-refractivity contribution in [2.75, 3.05) is 39.4 Å². The van der Waals surface area contributed by atoms with Gasteiger partial charge in [-0.05, 0) is 18.2 Å². The Morgan fingerprint density at radius 2 is 2.10 bits per heavy atom. The molecule has 0 aliphatic carbocycles. The number of nitriles is 1. The monoisotopic (exact) mass is 296 g/mol. The molecule has 1 saturated heterocycles. The molecular weight excluding hydrogens is 278 g/mol. The topological polar surface area (TPSA) is 83.6 Å². The molecule has 2 N–H and O–H groups in total. The Hall–Kier alpha value is -1.46. The summed E-state index contributed by atoms with van der Waals surface area (Å²) in [7, 11) is -3.54. The zero-order valence-corrected chi connectivity index (χ0v) is 11.9. The molecule has 0 amide bonds. The van der Waals surface area contributed by atoms with Crippen molar-refractivity contribution in [1.82, 2.24) is 4.72 Å². The van der Waals surface area contributed by atoms with Crippen LogP contribution in [0.2, 0.25) is 0 Å². The Morgan fingerprint density at radius 1 is 1.35 bits per heavy atom. The molecule has 1 aromatic carbocycles. The second-order valence-corrected chi connectivity index (χ2v) is 6.42. The highest BCUT2D eigenvalue weighted by Crippen LogP contribution is 2.10. The van der Waals surface area contributed by atoms with Gasteiger partial charge in [-0.3, -0.25) is 0 Å². The SMILES string of the molecule is N#Cc1cccc(S(=O)(=O)NCC[NH+]2CCOCC2)c1. The quantitative estimate of drug-likeness (QED) is 0.711. The van der Waals surface area contributed by atoms with Gasteiger partial charge in [-0.2, -0.15) is 5.26 Å². The van der Waals surface area contributed by atoms with E-state index in [-0.39, 0.29) is 4.90 Å². The molecule has 0 spiro atoms. The first-order chi connectivity index (χ1) is 9.62. The Kier molecular flexibility index (Phi) is 5.09. The summed E-state index contributed by atoms with van der Waals surface area (Å²) in [6.45, 7) is 4.39. The molecule has 0 atom stereocenters. The van der Waals surface area contributed by atoms with Crippen LogP contribution >= 0.6 is 0 Å². The lowest BCUT2D eigenvalue weighted by Crippen LogP contribution is -3.14. The van der Waals surface area contributed by atoms with Gasteiger partial charge in [0.1, 0.15) is 13.1 Å². The van der Waals surface area contributed by atoms with Crippen LogP contribution < -0.4 is 9.62 Å². The molecule has 0 unspecified atom stereocenters.